The molecule has 0 bridgehead atoms. The third-order valence-electron chi connectivity index (χ3n) is 2.60. The first-order valence-electron chi connectivity index (χ1n) is 5.60. The molecule has 0 radical (unpaired) electrons. The van der Waals surface area contributed by atoms with Crippen molar-refractivity contribution in [2.45, 2.75) is 11.5 Å². The van der Waals surface area contributed by atoms with Crippen molar-refractivity contribution >= 4 is 31.6 Å². The highest BCUT2D eigenvalue weighted by Gasteiger charge is 2.18. The maximum atomic E-state index is 13.1. The average molecular weight is 360 g/mol. The van der Waals surface area contributed by atoms with Gasteiger partial charge in [-0.15, -0.1) is 0 Å². The minimum Gasteiger partial charge on any atom is -0.392 e. The van der Waals surface area contributed by atoms with Crippen molar-refractivity contribution in [1.29, 1.82) is 0 Å². The zero-order valence-corrected chi connectivity index (χ0v) is 12.6. The van der Waals surface area contributed by atoms with Gasteiger partial charge in [-0.1, -0.05) is 18.2 Å². The Kier molecular flexibility index (Phi) is 4.42. The molecule has 0 aliphatic carbocycles. The second-order valence-electron chi connectivity index (χ2n) is 4.00. The van der Waals surface area contributed by atoms with E-state index in [1.54, 1.807) is 12.1 Å². The van der Waals surface area contributed by atoms with Gasteiger partial charge in [0, 0.05) is 0 Å². The number of hydrogen-bond acceptors (Lipinski definition) is 3. The Morgan fingerprint density at radius 3 is 2.55 bits per heavy atom. The molecule has 0 atom stereocenters. The van der Waals surface area contributed by atoms with Crippen LogP contribution < -0.4 is 4.72 Å². The third-order valence-corrected chi connectivity index (χ3v) is 4.69. The molecule has 2 aromatic rings. The zero-order valence-electron chi connectivity index (χ0n) is 10.2. The normalized spacial score (nSPS) is 11.3. The second-order valence-corrected chi connectivity index (χ2v) is 6.51. The summed E-state index contributed by atoms with van der Waals surface area (Å²) >= 11 is 2.99. The number of hydrogen-bond donors (Lipinski definition) is 2. The van der Waals surface area contributed by atoms with E-state index >= 15 is 0 Å². The molecule has 2 N–H and O–H groups in total. The lowest BCUT2D eigenvalue weighted by atomic mass is 10.2. The predicted molar refractivity (Wildman–Crippen MR) is 77.3 cm³/mol. The smallest absolute Gasteiger partial charge is 0.262 e. The van der Waals surface area contributed by atoms with E-state index in [0.29, 0.717) is 5.56 Å². The van der Waals surface area contributed by atoms with E-state index in [0.717, 1.165) is 6.07 Å². The number of halogens is 2. The van der Waals surface area contributed by atoms with Crippen molar-refractivity contribution in [1.82, 2.24) is 0 Å². The van der Waals surface area contributed by atoms with Crippen LogP contribution in [-0.2, 0) is 16.6 Å². The highest BCUT2D eigenvalue weighted by Crippen LogP contribution is 2.23. The molecule has 0 fully saturated rings. The van der Waals surface area contributed by atoms with Gasteiger partial charge in [0.05, 0.1) is 21.7 Å². The van der Waals surface area contributed by atoms with E-state index in [1.807, 2.05) is 0 Å². The van der Waals surface area contributed by atoms with Crippen LogP contribution in [0, 0.1) is 5.82 Å². The van der Waals surface area contributed by atoms with E-state index < -0.39 is 15.8 Å². The maximum absolute atomic E-state index is 13.1. The molecule has 0 spiro atoms. The van der Waals surface area contributed by atoms with Gasteiger partial charge in [0.2, 0.25) is 0 Å². The third kappa shape index (κ3) is 3.17. The van der Waals surface area contributed by atoms with Gasteiger partial charge in [-0.25, -0.2) is 12.8 Å². The summed E-state index contributed by atoms with van der Waals surface area (Å²) in [5.41, 5.74) is 0.521. The molecule has 0 saturated heterocycles. The molecule has 20 heavy (non-hydrogen) atoms. The molecule has 4 nitrogen and oxygen atoms in total. The molecule has 7 heteroatoms. The number of benzene rings is 2. The topological polar surface area (TPSA) is 66.4 Å². The van der Waals surface area contributed by atoms with E-state index in [4.69, 9.17) is 0 Å². The van der Waals surface area contributed by atoms with Crippen molar-refractivity contribution in [2.75, 3.05) is 4.72 Å². The highest BCUT2D eigenvalue weighted by molar-refractivity contribution is 9.10. The largest absolute Gasteiger partial charge is 0.392 e. The van der Waals surface area contributed by atoms with Gasteiger partial charge in [-0.3, -0.25) is 4.72 Å². The van der Waals surface area contributed by atoms with Gasteiger partial charge >= 0.3 is 0 Å². The Labute approximate surface area is 124 Å². The number of sulfonamides is 1. The quantitative estimate of drug-likeness (QED) is 0.881. The van der Waals surface area contributed by atoms with E-state index in [1.165, 1.54) is 24.3 Å². The van der Waals surface area contributed by atoms with E-state index in [9.17, 15) is 17.9 Å². The number of anilines is 1. The standard InChI is InChI=1S/C13H11BrFNO3S/c14-11-7-10(5-6-12(11)15)16-20(18,19)13-4-2-1-3-9(13)8-17/h1-7,16-17H,8H2. The van der Waals surface area contributed by atoms with Crippen LogP contribution in [0.3, 0.4) is 0 Å². The lowest BCUT2D eigenvalue weighted by Gasteiger charge is -2.11. The fourth-order valence-electron chi connectivity index (χ4n) is 1.67. The first kappa shape index (κ1) is 15.0. The van der Waals surface area contributed by atoms with Crippen LogP contribution in [0.15, 0.2) is 51.8 Å². The monoisotopic (exact) mass is 359 g/mol. The first-order valence-corrected chi connectivity index (χ1v) is 7.88. The number of aliphatic hydroxyl groups excluding tert-OH is 1. The Balaban J connectivity index is 2.38. The van der Waals surface area contributed by atoms with Crippen LogP contribution in [0.1, 0.15) is 5.56 Å². The van der Waals surface area contributed by atoms with Crippen molar-refractivity contribution in [3.8, 4) is 0 Å². The lowest BCUT2D eigenvalue weighted by molar-refractivity contribution is 0.278. The summed E-state index contributed by atoms with van der Waals surface area (Å²) in [4.78, 5) is -0.0112. The van der Waals surface area contributed by atoms with Crippen LogP contribution in [0.5, 0.6) is 0 Å². The van der Waals surface area contributed by atoms with Crippen molar-refractivity contribution in [3.63, 3.8) is 0 Å². The molecule has 2 aromatic carbocycles. The van der Waals surface area contributed by atoms with Crippen LogP contribution in [0.4, 0.5) is 10.1 Å². The minimum absolute atomic E-state index is 0.0112. The molecule has 0 heterocycles. The Bertz CT molecular complexity index is 734. The molecule has 0 aliphatic rings. The molecule has 2 rings (SSSR count). The molecular weight excluding hydrogens is 349 g/mol. The van der Waals surface area contributed by atoms with Gasteiger partial charge in [0.1, 0.15) is 5.82 Å². The van der Waals surface area contributed by atoms with Gasteiger partial charge in [0.15, 0.2) is 0 Å². The van der Waals surface area contributed by atoms with Crippen LogP contribution in [-0.4, -0.2) is 13.5 Å². The number of aliphatic hydroxyl groups is 1. The maximum Gasteiger partial charge on any atom is 0.262 e. The average Bonchev–Trinajstić information content (AvgIpc) is 2.42. The van der Waals surface area contributed by atoms with Gasteiger partial charge < -0.3 is 5.11 Å². The van der Waals surface area contributed by atoms with Crippen LogP contribution in [0.25, 0.3) is 0 Å². The van der Waals surface area contributed by atoms with Crippen molar-refractivity contribution in [2.24, 2.45) is 0 Å². The fraction of sp³-hybridized carbons (Fsp3) is 0.0769. The van der Waals surface area contributed by atoms with E-state index in [2.05, 4.69) is 20.7 Å². The fourth-order valence-corrected chi connectivity index (χ4v) is 3.33. The van der Waals surface area contributed by atoms with Gasteiger partial charge in [0.25, 0.3) is 10.0 Å². The summed E-state index contributed by atoms with van der Waals surface area (Å²) in [6.45, 7) is -0.385. The molecule has 0 unspecified atom stereocenters. The Hall–Kier alpha value is -1.44. The number of nitrogens with one attached hydrogen (secondary N) is 1. The first-order chi connectivity index (χ1) is 9.44. The molecule has 106 valence electrons. The zero-order chi connectivity index (χ0) is 14.8. The predicted octanol–water partition coefficient (Wildman–Crippen LogP) is 2.88. The van der Waals surface area contributed by atoms with Crippen LogP contribution >= 0.6 is 15.9 Å². The Morgan fingerprint density at radius 1 is 1.20 bits per heavy atom. The summed E-state index contributed by atoms with van der Waals surface area (Å²) in [5.74, 6) is -0.483. The van der Waals surface area contributed by atoms with Crippen molar-refractivity contribution < 1.29 is 17.9 Å². The molecule has 0 amide bonds. The summed E-state index contributed by atoms with van der Waals surface area (Å²) < 4.78 is 40.1. The highest BCUT2D eigenvalue weighted by atomic mass is 79.9. The molecular formula is C13H11BrFNO3S. The summed E-state index contributed by atoms with van der Waals surface area (Å²) in [6.07, 6.45) is 0. The lowest BCUT2D eigenvalue weighted by Crippen LogP contribution is -2.15. The SMILES string of the molecule is O=S(=O)(Nc1ccc(F)c(Br)c1)c1ccccc1CO. The molecule has 0 aliphatic heterocycles. The minimum atomic E-state index is -3.84. The number of rotatable bonds is 4. The van der Waals surface area contributed by atoms with Gasteiger partial charge in [-0.2, -0.15) is 0 Å². The van der Waals surface area contributed by atoms with E-state index in [-0.39, 0.29) is 21.7 Å². The summed E-state index contributed by atoms with van der Waals surface area (Å²) in [6, 6.07) is 9.92. The van der Waals surface area contributed by atoms with Gasteiger partial charge in [-0.05, 0) is 45.8 Å². The van der Waals surface area contributed by atoms with Crippen LogP contribution in [0.2, 0.25) is 0 Å². The summed E-state index contributed by atoms with van der Waals surface area (Å²) in [7, 11) is -3.84. The Morgan fingerprint density at radius 2 is 1.90 bits per heavy atom. The molecule has 0 saturated carbocycles. The molecule has 0 aromatic heterocycles. The van der Waals surface area contributed by atoms with Crippen molar-refractivity contribution in [3.05, 3.63) is 58.3 Å². The summed E-state index contributed by atoms with van der Waals surface area (Å²) in [5, 5.41) is 9.18. The second kappa shape index (κ2) is 5.90.